The third-order valence-corrected chi connectivity index (χ3v) is 11.7. The number of nitrogens with zero attached hydrogens (tertiary/aromatic N) is 1. The second-order valence-corrected chi connectivity index (χ2v) is 16.8. The third-order valence-electron chi connectivity index (χ3n) is 11.7. The zero-order valence-electron chi connectivity index (χ0n) is 35.9. The number of nitrogens with one attached hydrogen (secondary N) is 1. The van der Waals surface area contributed by atoms with Crippen LogP contribution >= 0.6 is 0 Å². The Labute approximate surface area is 372 Å². The molecule has 4 aliphatic heterocycles. The number of benzene rings is 5. The van der Waals surface area contributed by atoms with E-state index in [1.54, 1.807) is 80.3 Å². The van der Waals surface area contributed by atoms with Crippen molar-refractivity contribution in [1.82, 2.24) is 9.88 Å². The molecule has 0 saturated carbocycles. The molecule has 1 saturated heterocycles. The molecule has 15 heteroatoms. The molecule has 10 rings (SSSR count). The lowest BCUT2D eigenvalue weighted by Crippen LogP contribution is -2.42. The van der Waals surface area contributed by atoms with Gasteiger partial charge in [0.25, 0.3) is 0 Å². The Morgan fingerprint density at radius 3 is 2.29 bits per heavy atom. The molecule has 1 N–H and O–H groups in total. The summed E-state index contributed by atoms with van der Waals surface area (Å²) in [6.45, 7) is 5.22. The Hall–Kier alpha value is -7.94. The van der Waals surface area contributed by atoms with E-state index < -0.39 is 41.2 Å². The third kappa shape index (κ3) is 7.09. The number of cyclic esters (lactones) is 1. The van der Waals surface area contributed by atoms with Crippen LogP contribution in [0.2, 0.25) is 0 Å². The van der Waals surface area contributed by atoms with Crippen LogP contribution in [0.4, 0.5) is 4.79 Å². The number of fused-ring (bicyclic) bond motifs is 10. The molecule has 15 nitrogen and oxygen atoms in total. The lowest BCUT2D eigenvalue weighted by Gasteiger charge is -2.36. The number of amides is 1. The van der Waals surface area contributed by atoms with Crippen LogP contribution in [0.1, 0.15) is 70.7 Å². The highest BCUT2D eigenvalue weighted by molar-refractivity contribution is 5.97. The molecule has 65 heavy (non-hydrogen) atoms. The summed E-state index contributed by atoms with van der Waals surface area (Å²) in [4.78, 5) is 57.5. The SMILES string of the molecule is COc1cc(C2c3[nH]c4ccccc4c3CC3COC(=O)N32)cc(OC)c1O/C=C/C(=O)Oc1ccc2c(c1)Oc1cc(OCC(=O)OC(C)(C)C)ccc1C21OC(=O)c2ccccc21. The Bertz CT molecular complexity index is 2960. The minimum Gasteiger partial charge on any atom is -0.493 e. The van der Waals surface area contributed by atoms with Crippen molar-refractivity contribution in [2.24, 2.45) is 0 Å². The molecule has 1 aromatic heterocycles. The summed E-state index contributed by atoms with van der Waals surface area (Å²) in [5.41, 5.74) is 3.58. The van der Waals surface area contributed by atoms with E-state index in [0.717, 1.165) is 34.5 Å². The largest absolute Gasteiger partial charge is 0.493 e. The van der Waals surface area contributed by atoms with Crippen LogP contribution in [0.15, 0.2) is 109 Å². The van der Waals surface area contributed by atoms with Gasteiger partial charge in [-0.1, -0.05) is 36.4 Å². The fourth-order valence-corrected chi connectivity index (χ4v) is 9.11. The first-order chi connectivity index (χ1) is 31.3. The maximum atomic E-state index is 13.4. The van der Waals surface area contributed by atoms with Crippen LogP contribution in [0.25, 0.3) is 10.9 Å². The number of para-hydroxylation sites is 1. The van der Waals surface area contributed by atoms with Crippen LogP contribution < -0.4 is 28.4 Å². The summed E-state index contributed by atoms with van der Waals surface area (Å²) in [7, 11) is 2.96. The monoisotopic (exact) mass is 878 g/mol. The second kappa shape index (κ2) is 15.7. The first kappa shape index (κ1) is 41.1. The molecule has 0 aliphatic carbocycles. The molecular weight excluding hydrogens is 837 g/mol. The summed E-state index contributed by atoms with van der Waals surface area (Å²) in [6, 6.07) is 27.7. The number of carbonyl (C=O) groups excluding carboxylic acids is 4. The predicted molar refractivity (Wildman–Crippen MR) is 232 cm³/mol. The molecule has 1 spiro atoms. The zero-order valence-corrected chi connectivity index (χ0v) is 35.9. The highest BCUT2D eigenvalue weighted by Gasteiger charge is 2.54. The van der Waals surface area contributed by atoms with Gasteiger partial charge in [0.2, 0.25) is 5.75 Å². The Morgan fingerprint density at radius 1 is 0.862 bits per heavy atom. The molecular formula is C50H42N2O13. The van der Waals surface area contributed by atoms with E-state index in [4.69, 9.17) is 42.6 Å². The average molecular weight is 879 g/mol. The fourth-order valence-electron chi connectivity index (χ4n) is 9.11. The van der Waals surface area contributed by atoms with Gasteiger partial charge in [0, 0.05) is 45.4 Å². The van der Waals surface area contributed by atoms with Crippen molar-refractivity contribution in [3.63, 3.8) is 0 Å². The molecule has 6 aromatic rings. The number of ether oxygens (including phenoxy) is 9. The van der Waals surface area contributed by atoms with Gasteiger partial charge in [-0.15, -0.1) is 0 Å². The van der Waals surface area contributed by atoms with E-state index in [9.17, 15) is 19.2 Å². The number of methoxy groups -OCH3 is 2. The fraction of sp³-hybridized carbons (Fsp3) is 0.240. The van der Waals surface area contributed by atoms with Crippen LogP contribution in [0.3, 0.4) is 0 Å². The lowest BCUT2D eigenvalue weighted by atomic mass is 9.77. The summed E-state index contributed by atoms with van der Waals surface area (Å²) in [6.07, 6.45) is 2.47. The van der Waals surface area contributed by atoms with E-state index in [1.807, 2.05) is 30.3 Å². The topological polar surface area (TPSA) is 170 Å². The highest BCUT2D eigenvalue weighted by Crippen LogP contribution is 2.57. The van der Waals surface area contributed by atoms with Gasteiger partial charge in [-0.3, -0.25) is 4.90 Å². The van der Waals surface area contributed by atoms with Gasteiger partial charge < -0.3 is 47.6 Å². The van der Waals surface area contributed by atoms with E-state index >= 15 is 0 Å². The van der Waals surface area contributed by atoms with Crippen LogP contribution in [0, 0.1) is 0 Å². The molecule has 1 fully saturated rings. The molecule has 3 atom stereocenters. The van der Waals surface area contributed by atoms with Crippen molar-refractivity contribution in [3.8, 4) is 40.2 Å². The maximum absolute atomic E-state index is 13.4. The van der Waals surface area contributed by atoms with Gasteiger partial charge in [-0.2, -0.15) is 0 Å². The summed E-state index contributed by atoms with van der Waals surface area (Å²) >= 11 is 0. The van der Waals surface area contributed by atoms with E-state index in [0.29, 0.717) is 57.2 Å². The number of esters is 3. The number of aromatic amines is 1. The van der Waals surface area contributed by atoms with E-state index in [1.165, 1.54) is 20.3 Å². The number of carbonyl (C=O) groups is 4. The Kier molecular flexibility index (Phi) is 9.92. The van der Waals surface area contributed by atoms with Crippen molar-refractivity contribution >= 4 is 34.9 Å². The standard InChI is InChI=1S/C50H42N2O13/c1-49(2,3)64-43(54)26-60-29-14-16-35-38(23-29)63-39-24-30(15-17-36(39)50(35)34-12-8-6-11-32(34)47(55)65-50)62-42(53)18-19-59-46-40(57-4)20-27(21-41(46)58-5)45-44-33(22-28-25-61-48(56)52(28)45)31-10-7-9-13-37(31)51-44/h6-21,23-24,28,45,51H,22,25-26H2,1-5H3/b19-18+. The van der Waals surface area contributed by atoms with Gasteiger partial charge in [-0.05, 0) is 86.8 Å². The number of rotatable bonds is 10. The summed E-state index contributed by atoms with van der Waals surface area (Å²) in [5.74, 6) is -0.119. The maximum Gasteiger partial charge on any atom is 0.411 e. The van der Waals surface area contributed by atoms with Gasteiger partial charge in [0.05, 0.1) is 38.2 Å². The smallest absolute Gasteiger partial charge is 0.411 e. The van der Waals surface area contributed by atoms with Crippen molar-refractivity contribution in [2.45, 2.75) is 50.5 Å². The molecule has 4 aliphatic rings. The van der Waals surface area contributed by atoms with Crippen LogP contribution in [-0.4, -0.2) is 73.0 Å². The summed E-state index contributed by atoms with van der Waals surface area (Å²) < 4.78 is 52.5. The van der Waals surface area contributed by atoms with Crippen LogP contribution in [0.5, 0.6) is 40.2 Å². The normalized spacial score (nSPS) is 19.0. The molecule has 3 unspecified atom stereocenters. The molecule has 0 bridgehead atoms. The first-order valence-corrected chi connectivity index (χ1v) is 20.8. The quantitative estimate of drug-likeness (QED) is 0.0458. The van der Waals surface area contributed by atoms with Crippen molar-refractivity contribution in [2.75, 3.05) is 27.4 Å². The van der Waals surface area contributed by atoms with Crippen LogP contribution in [-0.2, 0) is 35.8 Å². The van der Waals surface area contributed by atoms with Gasteiger partial charge >= 0.3 is 24.0 Å². The van der Waals surface area contributed by atoms with E-state index in [2.05, 4.69) is 11.1 Å². The second-order valence-electron chi connectivity index (χ2n) is 16.8. The molecule has 0 radical (unpaired) electrons. The zero-order chi connectivity index (χ0) is 45.2. The summed E-state index contributed by atoms with van der Waals surface area (Å²) in [5, 5.41) is 1.09. The van der Waals surface area contributed by atoms with Gasteiger partial charge in [0.15, 0.2) is 23.7 Å². The van der Waals surface area contributed by atoms with Crippen molar-refractivity contribution < 1.29 is 61.8 Å². The van der Waals surface area contributed by atoms with Crippen molar-refractivity contribution in [3.05, 3.63) is 148 Å². The van der Waals surface area contributed by atoms with Gasteiger partial charge in [0.1, 0.15) is 41.2 Å². The first-order valence-electron chi connectivity index (χ1n) is 20.8. The molecule has 330 valence electrons. The predicted octanol–water partition coefficient (Wildman–Crippen LogP) is 8.44. The Balaban J connectivity index is 0.907. The Morgan fingerprint density at radius 2 is 1.55 bits per heavy atom. The number of H-pyrrole nitrogens is 1. The van der Waals surface area contributed by atoms with Gasteiger partial charge in [-0.25, -0.2) is 19.2 Å². The van der Waals surface area contributed by atoms with Crippen molar-refractivity contribution in [1.29, 1.82) is 0 Å². The number of aromatic nitrogens is 1. The lowest BCUT2D eigenvalue weighted by molar-refractivity contribution is -0.157. The number of hydrogen-bond donors (Lipinski definition) is 1. The average Bonchev–Trinajstić information content (AvgIpc) is 3.95. The highest BCUT2D eigenvalue weighted by atomic mass is 16.6. The minimum absolute atomic E-state index is 0.119. The molecule has 1 amide bonds. The van der Waals surface area contributed by atoms with E-state index in [-0.39, 0.29) is 36.5 Å². The minimum atomic E-state index is -1.40. The molecule has 5 aromatic carbocycles. The molecule has 5 heterocycles. The number of hydrogen-bond acceptors (Lipinski definition) is 13.